The first-order valence-corrected chi connectivity index (χ1v) is 9.72. The van der Waals surface area contributed by atoms with Crippen molar-refractivity contribution in [2.45, 2.75) is 77.4 Å². The molecule has 1 aromatic rings. The van der Waals surface area contributed by atoms with Crippen LogP contribution in [0.1, 0.15) is 60.8 Å². The summed E-state index contributed by atoms with van der Waals surface area (Å²) in [5.74, 6) is 0.488. The molecule has 142 valence electrons. The standard InChI is InChI=1S/C19H30ClNO3S/c1-13(23-16-8-7-14(25-21)11-15(16)20)12-19(5,6)10-9-17(22)24-18(2,3)4/h7-8,11,13H,9-10,12,21H2,1-6H3. The average molecular weight is 388 g/mol. The maximum absolute atomic E-state index is 11.9. The molecule has 0 aliphatic rings. The molecule has 2 N–H and O–H groups in total. The number of rotatable bonds is 8. The number of ether oxygens (including phenoxy) is 2. The van der Waals surface area contributed by atoms with E-state index in [1.54, 1.807) is 6.07 Å². The molecule has 4 nitrogen and oxygen atoms in total. The number of hydrogen-bond acceptors (Lipinski definition) is 5. The van der Waals surface area contributed by atoms with Crippen molar-refractivity contribution in [2.75, 3.05) is 0 Å². The molecule has 0 aliphatic heterocycles. The second-order valence-corrected chi connectivity index (χ2v) is 9.21. The lowest BCUT2D eigenvalue weighted by molar-refractivity contribution is -0.155. The van der Waals surface area contributed by atoms with Crippen LogP contribution in [-0.2, 0) is 9.53 Å². The van der Waals surface area contributed by atoms with Crippen molar-refractivity contribution in [1.29, 1.82) is 0 Å². The Morgan fingerprint density at radius 1 is 1.28 bits per heavy atom. The van der Waals surface area contributed by atoms with E-state index in [9.17, 15) is 4.79 Å². The van der Waals surface area contributed by atoms with Gasteiger partial charge in [-0.2, -0.15) is 0 Å². The molecule has 1 rings (SSSR count). The van der Waals surface area contributed by atoms with Crippen LogP contribution in [0, 0.1) is 5.41 Å². The molecule has 0 radical (unpaired) electrons. The fourth-order valence-corrected chi connectivity index (χ4v) is 3.24. The van der Waals surface area contributed by atoms with Crippen LogP contribution in [0.5, 0.6) is 5.75 Å². The zero-order chi connectivity index (χ0) is 19.3. The van der Waals surface area contributed by atoms with E-state index in [0.717, 1.165) is 29.7 Å². The molecule has 0 aliphatic carbocycles. The number of benzene rings is 1. The molecule has 0 spiro atoms. The van der Waals surface area contributed by atoms with E-state index in [0.29, 0.717) is 17.2 Å². The van der Waals surface area contributed by atoms with Crippen molar-refractivity contribution in [3.05, 3.63) is 23.2 Å². The van der Waals surface area contributed by atoms with Crippen molar-refractivity contribution in [3.63, 3.8) is 0 Å². The minimum Gasteiger partial charge on any atom is -0.489 e. The Balaban J connectivity index is 2.54. The highest BCUT2D eigenvalue weighted by Crippen LogP contribution is 2.33. The first-order valence-electron chi connectivity index (χ1n) is 8.47. The van der Waals surface area contributed by atoms with Crippen LogP contribution in [0.3, 0.4) is 0 Å². The summed E-state index contributed by atoms with van der Waals surface area (Å²) in [6, 6.07) is 5.51. The zero-order valence-electron chi connectivity index (χ0n) is 16.0. The lowest BCUT2D eigenvalue weighted by Crippen LogP contribution is -2.27. The largest absolute Gasteiger partial charge is 0.489 e. The van der Waals surface area contributed by atoms with Gasteiger partial charge in [-0.05, 0) is 76.1 Å². The van der Waals surface area contributed by atoms with Gasteiger partial charge in [0.25, 0.3) is 0 Å². The number of carbonyl (C=O) groups excluding carboxylic acids is 1. The van der Waals surface area contributed by atoms with Crippen LogP contribution in [0.25, 0.3) is 0 Å². The molecule has 1 unspecified atom stereocenters. The second-order valence-electron chi connectivity index (χ2n) is 8.09. The molecule has 1 aromatic carbocycles. The topological polar surface area (TPSA) is 61.5 Å². The van der Waals surface area contributed by atoms with Crippen molar-refractivity contribution >= 4 is 29.5 Å². The zero-order valence-corrected chi connectivity index (χ0v) is 17.6. The molecule has 0 aromatic heterocycles. The van der Waals surface area contributed by atoms with Crippen molar-refractivity contribution in [3.8, 4) is 5.75 Å². The normalized spacial score (nSPS) is 13.4. The van der Waals surface area contributed by atoms with Gasteiger partial charge in [-0.3, -0.25) is 9.93 Å². The van der Waals surface area contributed by atoms with E-state index >= 15 is 0 Å². The third kappa shape index (κ3) is 8.84. The van der Waals surface area contributed by atoms with Gasteiger partial charge in [-0.15, -0.1) is 0 Å². The third-order valence-corrected chi connectivity index (χ3v) is 4.46. The smallest absolute Gasteiger partial charge is 0.306 e. The van der Waals surface area contributed by atoms with Gasteiger partial charge in [0.05, 0.1) is 11.1 Å². The molecule has 0 saturated carbocycles. The summed E-state index contributed by atoms with van der Waals surface area (Å²) in [5, 5.41) is 6.08. The minimum atomic E-state index is -0.442. The number of hydrogen-bond donors (Lipinski definition) is 1. The summed E-state index contributed by atoms with van der Waals surface area (Å²) in [7, 11) is 0. The summed E-state index contributed by atoms with van der Waals surface area (Å²) >= 11 is 7.38. The first-order chi connectivity index (χ1) is 11.4. The molecular weight excluding hydrogens is 358 g/mol. The number of nitrogens with two attached hydrogens (primary N) is 1. The molecule has 0 fully saturated rings. The number of esters is 1. The SMILES string of the molecule is CC(CC(C)(C)CCC(=O)OC(C)(C)C)Oc1ccc(SN)cc1Cl. The summed E-state index contributed by atoms with van der Waals surface area (Å²) in [4.78, 5) is 12.8. The van der Waals surface area contributed by atoms with Crippen LogP contribution >= 0.6 is 23.5 Å². The predicted molar refractivity (Wildman–Crippen MR) is 105 cm³/mol. The Bertz CT molecular complexity index is 585. The molecule has 1 atom stereocenters. The van der Waals surface area contributed by atoms with Gasteiger partial charge < -0.3 is 9.47 Å². The van der Waals surface area contributed by atoms with E-state index in [4.69, 9.17) is 26.2 Å². The van der Waals surface area contributed by atoms with E-state index in [-0.39, 0.29) is 17.5 Å². The van der Waals surface area contributed by atoms with Gasteiger partial charge in [0.1, 0.15) is 11.4 Å². The Morgan fingerprint density at radius 2 is 1.92 bits per heavy atom. The van der Waals surface area contributed by atoms with E-state index in [1.807, 2.05) is 39.8 Å². The fourth-order valence-electron chi connectivity index (χ4n) is 2.62. The van der Waals surface area contributed by atoms with Crippen LogP contribution in [0.4, 0.5) is 0 Å². The third-order valence-electron chi connectivity index (χ3n) is 3.63. The second kappa shape index (κ2) is 9.15. The number of halogens is 1. The highest BCUT2D eigenvalue weighted by atomic mass is 35.5. The Labute approximate surface area is 160 Å². The van der Waals surface area contributed by atoms with Crippen LogP contribution in [0.15, 0.2) is 23.1 Å². The average Bonchev–Trinajstić information content (AvgIpc) is 2.45. The molecule has 0 heterocycles. The molecule has 0 saturated heterocycles. The first kappa shape index (κ1) is 22.1. The van der Waals surface area contributed by atoms with E-state index in [2.05, 4.69) is 13.8 Å². The van der Waals surface area contributed by atoms with Crippen LogP contribution in [0.2, 0.25) is 5.02 Å². The van der Waals surface area contributed by atoms with Crippen molar-refractivity contribution in [1.82, 2.24) is 0 Å². The monoisotopic (exact) mass is 387 g/mol. The van der Waals surface area contributed by atoms with Gasteiger partial charge in [0.2, 0.25) is 0 Å². The highest BCUT2D eigenvalue weighted by Gasteiger charge is 2.25. The van der Waals surface area contributed by atoms with E-state index in [1.165, 1.54) is 0 Å². The summed E-state index contributed by atoms with van der Waals surface area (Å²) in [6.45, 7) is 11.9. The lowest BCUT2D eigenvalue weighted by Gasteiger charge is -2.29. The van der Waals surface area contributed by atoms with Crippen LogP contribution < -0.4 is 9.88 Å². The van der Waals surface area contributed by atoms with Crippen LogP contribution in [-0.4, -0.2) is 17.7 Å². The van der Waals surface area contributed by atoms with Gasteiger partial charge >= 0.3 is 5.97 Å². The summed E-state index contributed by atoms with van der Waals surface area (Å²) < 4.78 is 11.3. The summed E-state index contributed by atoms with van der Waals surface area (Å²) in [5.41, 5.74) is -0.488. The van der Waals surface area contributed by atoms with Crippen molar-refractivity contribution in [2.24, 2.45) is 10.6 Å². The van der Waals surface area contributed by atoms with Gasteiger partial charge in [0, 0.05) is 11.3 Å². The highest BCUT2D eigenvalue weighted by molar-refractivity contribution is 7.97. The minimum absolute atomic E-state index is 0.0254. The molecule has 25 heavy (non-hydrogen) atoms. The maximum Gasteiger partial charge on any atom is 0.306 e. The molecule has 6 heteroatoms. The lowest BCUT2D eigenvalue weighted by atomic mass is 9.82. The Morgan fingerprint density at radius 3 is 2.44 bits per heavy atom. The van der Waals surface area contributed by atoms with Gasteiger partial charge in [-0.25, -0.2) is 0 Å². The van der Waals surface area contributed by atoms with Crippen molar-refractivity contribution < 1.29 is 14.3 Å². The predicted octanol–water partition coefficient (Wildman–Crippen LogP) is 5.61. The number of carbonyl (C=O) groups is 1. The molecule has 0 amide bonds. The molecule has 0 bridgehead atoms. The van der Waals surface area contributed by atoms with Gasteiger partial charge in [0.15, 0.2) is 0 Å². The van der Waals surface area contributed by atoms with E-state index < -0.39 is 5.60 Å². The quantitative estimate of drug-likeness (QED) is 0.463. The Kier molecular flexibility index (Phi) is 8.10. The van der Waals surface area contributed by atoms with Gasteiger partial charge in [-0.1, -0.05) is 25.4 Å². The fraction of sp³-hybridized carbons (Fsp3) is 0.632. The maximum atomic E-state index is 11.9. The summed E-state index contributed by atoms with van der Waals surface area (Å²) in [6.07, 6.45) is 1.92. The molecular formula is C19H30ClNO3S. The Hall–Kier alpha value is -0.910.